The van der Waals surface area contributed by atoms with E-state index in [-0.39, 0.29) is 11.7 Å². The molecule has 0 amide bonds. The molecule has 7 heteroatoms. The third-order valence-corrected chi connectivity index (χ3v) is 3.63. The summed E-state index contributed by atoms with van der Waals surface area (Å²) in [7, 11) is 3.51. The molecule has 7 nitrogen and oxygen atoms in total. The highest BCUT2D eigenvalue weighted by Gasteiger charge is 2.28. The lowest BCUT2D eigenvalue weighted by Crippen LogP contribution is -2.32. The maximum absolute atomic E-state index is 11.9. The minimum absolute atomic E-state index is 0.282. The van der Waals surface area contributed by atoms with Crippen LogP contribution in [-0.2, 0) is 7.05 Å². The zero-order valence-corrected chi connectivity index (χ0v) is 12.2. The molecule has 0 aliphatic carbocycles. The quantitative estimate of drug-likeness (QED) is 0.733. The zero-order valence-electron chi connectivity index (χ0n) is 12.2. The van der Waals surface area contributed by atoms with Crippen molar-refractivity contribution in [2.24, 2.45) is 7.05 Å². The number of hydrogen-bond donors (Lipinski definition) is 2. The number of anilines is 2. The highest BCUT2D eigenvalue weighted by molar-refractivity contribution is 5.71. The van der Waals surface area contributed by atoms with Gasteiger partial charge in [0.05, 0.1) is 12.8 Å². The van der Waals surface area contributed by atoms with Crippen LogP contribution >= 0.6 is 0 Å². The van der Waals surface area contributed by atoms with Crippen LogP contribution in [0.3, 0.4) is 0 Å². The Morgan fingerprint density at radius 1 is 1.30 bits per heavy atom. The maximum Gasteiger partial charge on any atom is 0.329 e. The number of fused-ring (bicyclic) bond motifs is 1. The van der Waals surface area contributed by atoms with Gasteiger partial charge in [-0.05, 0) is 26.2 Å². The maximum atomic E-state index is 11.9. The number of H-pyrrole nitrogens is 1. The fourth-order valence-corrected chi connectivity index (χ4v) is 2.62. The molecule has 20 heavy (non-hydrogen) atoms. The van der Waals surface area contributed by atoms with Crippen molar-refractivity contribution in [3.05, 3.63) is 20.8 Å². The summed E-state index contributed by atoms with van der Waals surface area (Å²) in [5.74, 6) is 0.679. The summed E-state index contributed by atoms with van der Waals surface area (Å²) in [4.78, 5) is 29.8. The highest BCUT2D eigenvalue weighted by Crippen LogP contribution is 2.29. The normalized spacial score (nSPS) is 15.6. The molecule has 1 aromatic rings. The van der Waals surface area contributed by atoms with Gasteiger partial charge in [0.25, 0.3) is 5.56 Å². The van der Waals surface area contributed by atoms with E-state index in [1.165, 1.54) is 4.57 Å². The number of nitrogens with zero attached hydrogens (tertiary/aromatic N) is 3. The largest absolute Gasteiger partial charge is 0.393 e. The summed E-state index contributed by atoms with van der Waals surface area (Å²) >= 11 is 0. The molecule has 1 aliphatic rings. The third kappa shape index (κ3) is 2.72. The van der Waals surface area contributed by atoms with E-state index in [4.69, 9.17) is 0 Å². The fraction of sp³-hybridized carbons (Fsp3) is 0.692. The van der Waals surface area contributed by atoms with E-state index in [1.54, 1.807) is 14.0 Å². The Hall–Kier alpha value is -1.76. The molecule has 2 rings (SSSR count). The molecule has 0 spiro atoms. The second-order valence-electron chi connectivity index (χ2n) is 5.44. The number of aromatic nitrogens is 2. The second-order valence-corrected chi connectivity index (χ2v) is 5.44. The van der Waals surface area contributed by atoms with E-state index >= 15 is 0 Å². The van der Waals surface area contributed by atoms with Crippen LogP contribution in [0.5, 0.6) is 0 Å². The van der Waals surface area contributed by atoms with E-state index in [0.717, 1.165) is 25.8 Å². The van der Waals surface area contributed by atoms with Gasteiger partial charge in [0.15, 0.2) is 0 Å². The van der Waals surface area contributed by atoms with Gasteiger partial charge >= 0.3 is 5.69 Å². The van der Waals surface area contributed by atoms with E-state index in [2.05, 4.69) is 4.98 Å². The molecule has 112 valence electrons. The van der Waals surface area contributed by atoms with Crippen molar-refractivity contribution in [3.8, 4) is 0 Å². The lowest BCUT2D eigenvalue weighted by molar-refractivity contribution is 0.181. The van der Waals surface area contributed by atoms with Gasteiger partial charge in [0, 0.05) is 20.6 Å². The summed E-state index contributed by atoms with van der Waals surface area (Å²) in [5.41, 5.74) is -0.183. The lowest BCUT2D eigenvalue weighted by atomic mass is 10.2. The Bertz CT molecular complexity index is 590. The van der Waals surface area contributed by atoms with E-state index in [9.17, 15) is 14.7 Å². The Morgan fingerprint density at radius 3 is 2.65 bits per heavy atom. The smallest absolute Gasteiger partial charge is 0.329 e. The van der Waals surface area contributed by atoms with Crippen molar-refractivity contribution in [1.29, 1.82) is 0 Å². The minimum atomic E-state index is -0.391. The lowest BCUT2D eigenvalue weighted by Gasteiger charge is -2.20. The molecule has 0 aromatic carbocycles. The number of aliphatic hydroxyl groups is 1. The van der Waals surface area contributed by atoms with Crippen molar-refractivity contribution in [3.63, 3.8) is 0 Å². The first-order valence-electron chi connectivity index (χ1n) is 6.89. The molecule has 1 aliphatic heterocycles. The molecule has 0 radical (unpaired) electrons. The van der Waals surface area contributed by atoms with Crippen LogP contribution in [0.2, 0.25) is 0 Å². The number of aliphatic hydroxyl groups excluding tert-OH is 1. The van der Waals surface area contributed by atoms with Crippen LogP contribution in [-0.4, -0.2) is 41.0 Å². The van der Waals surface area contributed by atoms with Gasteiger partial charge in [-0.25, -0.2) is 4.79 Å². The van der Waals surface area contributed by atoms with E-state index in [1.807, 2.05) is 16.8 Å². The minimum Gasteiger partial charge on any atom is -0.393 e. The predicted octanol–water partition coefficient (Wildman–Crippen LogP) is -0.162. The van der Waals surface area contributed by atoms with E-state index < -0.39 is 5.69 Å². The van der Waals surface area contributed by atoms with Crippen LogP contribution in [0.4, 0.5) is 11.5 Å². The van der Waals surface area contributed by atoms with Gasteiger partial charge < -0.3 is 14.9 Å². The van der Waals surface area contributed by atoms with Crippen LogP contribution in [0, 0.1) is 0 Å². The SMILES string of the molecule is C[C@H](O)CCCCN1CN(C)c2c1n(C)c(=O)[nH]c2=O. The number of unbranched alkanes of at least 4 members (excludes halogenated alkanes) is 1. The van der Waals surface area contributed by atoms with Crippen LogP contribution in [0.25, 0.3) is 0 Å². The van der Waals surface area contributed by atoms with Crippen molar-refractivity contribution in [2.45, 2.75) is 32.3 Å². The molecule has 0 unspecified atom stereocenters. The summed E-state index contributed by atoms with van der Waals surface area (Å²) < 4.78 is 1.48. The number of aromatic amines is 1. The van der Waals surface area contributed by atoms with Gasteiger partial charge in [-0.15, -0.1) is 0 Å². The molecule has 0 saturated carbocycles. The van der Waals surface area contributed by atoms with E-state index in [0.29, 0.717) is 18.2 Å². The molecule has 0 fully saturated rings. The molecule has 0 bridgehead atoms. The van der Waals surface area contributed by atoms with Gasteiger partial charge in [0.1, 0.15) is 11.5 Å². The highest BCUT2D eigenvalue weighted by atomic mass is 16.3. The first-order valence-corrected chi connectivity index (χ1v) is 6.89. The van der Waals surface area contributed by atoms with Crippen LogP contribution in [0.1, 0.15) is 26.2 Å². The molecular weight excluding hydrogens is 260 g/mol. The van der Waals surface area contributed by atoms with Crippen molar-refractivity contribution in [1.82, 2.24) is 9.55 Å². The van der Waals surface area contributed by atoms with Crippen LogP contribution < -0.4 is 21.0 Å². The molecule has 0 saturated heterocycles. The van der Waals surface area contributed by atoms with Gasteiger partial charge in [-0.1, -0.05) is 0 Å². The number of nitrogens with one attached hydrogen (secondary N) is 1. The first kappa shape index (κ1) is 14.6. The van der Waals surface area contributed by atoms with Gasteiger partial charge in [-0.2, -0.15) is 0 Å². The molecule has 1 atom stereocenters. The topological polar surface area (TPSA) is 81.6 Å². The van der Waals surface area contributed by atoms with Crippen molar-refractivity contribution in [2.75, 3.05) is 30.1 Å². The van der Waals surface area contributed by atoms with Gasteiger partial charge in [0.2, 0.25) is 0 Å². The third-order valence-electron chi connectivity index (χ3n) is 3.63. The molecular formula is C13H22N4O3. The molecule has 2 N–H and O–H groups in total. The fourth-order valence-electron chi connectivity index (χ4n) is 2.62. The average molecular weight is 282 g/mol. The zero-order chi connectivity index (χ0) is 14.9. The van der Waals surface area contributed by atoms with Gasteiger partial charge in [-0.3, -0.25) is 14.3 Å². The molecule has 2 heterocycles. The Kier molecular flexibility index (Phi) is 4.17. The van der Waals surface area contributed by atoms with Crippen LogP contribution in [0.15, 0.2) is 9.59 Å². The number of hydrogen-bond acceptors (Lipinski definition) is 5. The first-order chi connectivity index (χ1) is 9.41. The Morgan fingerprint density at radius 2 is 2.00 bits per heavy atom. The average Bonchev–Trinajstić information content (AvgIpc) is 2.69. The number of rotatable bonds is 5. The second kappa shape index (κ2) is 5.70. The molecule has 1 aromatic heterocycles. The van der Waals surface area contributed by atoms with Crippen molar-refractivity contribution < 1.29 is 5.11 Å². The summed E-state index contributed by atoms with van der Waals surface area (Å²) in [6, 6.07) is 0. The predicted molar refractivity (Wildman–Crippen MR) is 78.5 cm³/mol. The summed E-state index contributed by atoms with van der Waals surface area (Å²) in [6.45, 7) is 3.15. The Balaban J connectivity index is 2.17. The summed E-state index contributed by atoms with van der Waals surface area (Å²) in [5, 5.41) is 9.25. The standard InChI is InChI=1S/C13H22N4O3/c1-9(18)6-4-5-7-17-8-15(2)10-11(19)14-13(20)16(3)12(10)17/h9,18H,4-8H2,1-3H3,(H,14,19,20)/t9-/m0/s1. The van der Waals surface area contributed by atoms with Crippen molar-refractivity contribution >= 4 is 11.5 Å². The Labute approximate surface area is 117 Å². The monoisotopic (exact) mass is 282 g/mol. The summed E-state index contributed by atoms with van der Waals surface area (Å²) in [6.07, 6.45) is 2.32.